The van der Waals surface area contributed by atoms with Crippen LogP contribution in [-0.2, 0) is 23.0 Å². The van der Waals surface area contributed by atoms with E-state index in [0.29, 0.717) is 0 Å². The SMILES string of the molecule is COP(=O)(O)N(CC(=O)O)P(=O)(O)OC. The van der Waals surface area contributed by atoms with Gasteiger partial charge in [-0.2, -0.15) is 0 Å². The van der Waals surface area contributed by atoms with Gasteiger partial charge in [-0.1, -0.05) is 4.44 Å². The van der Waals surface area contributed by atoms with Crippen LogP contribution >= 0.6 is 15.5 Å². The smallest absolute Gasteiger partial charge is 0.415 e. The summed E-state index contributed by atoms with van der Waals surface area (Å²) in [5.41, 5.74) is 0. The Morgan fingerprint density at radius 2 is 1.53 bits per heavy atom. The number of carboxylic acid groups (broad SMARTS) is 1. The van der Waals surface area contributed by atoms with Crippen molar-refractivity contribution in [3.05, 3.63) is 0 Å². The fourth-order valence-electron chi connectivity index (χ4n) is 0.631. The first-order valence-corrected chi connectivity index (χ1v) is 6.50. The monoisotopic (exact) mass is 263 g/mol. The molecule has 0 aliphatic heterocycles. The third-order valence-corrected chi connectivity index (χ3v) is 5.09. The van der Waals surface area contributed by atoms with Crippen molar-refractivity contribution in [2.45, 2.75) is 0 Å². The second-order valence-electron chi connectivity index (χ2n) is 2.27. The highest BCUT2D eigenvalue weighted by Gasteiger charge is 2.44. The minimum Gasteiger partial charge on any atom is -0.480 e. The van der Waals surface area contributed by atoms with Crippen LogP contribution in [-0.4, -0.2) is 46.1 Å². The lowest BCUT2D eigenvalue weighted by Crippen LogP contribution is -2.25. The summed E-state index contributed by atoms with van der Waals surface area (Å²) in [5.74, 6) is -1.58. The summed E-state index contributed by atoms with van der Waals surface area (Å²) < 4.78 is 30.4. The van der Waals surface area contributed by atoms with Crippen LogP contribution in [0.1, 0.15) is 0 Å². The first-order chi connectivity index (χ1) is 6.67. The summed E-state index contributed by atoms with van der Waals surface area (Å²) in [6.45, 7) is -1.16. The third kappa shape index (κ3) is 4.00. The highest BCUT2D eigenvalue weighted by atomic mass is 31.3. The highest BCUT2D eigenvalue weighted by Crippen LogP contribution is 2.62. The summed E-state index contributed by atoms with van der Waals surface area (Å²) in [5, 5.41) is 8.38. The van der Waals surface area contributed by atoms with Crippen molar-refractivity contribution in [2.75, 3.05) is 20.8 Å². The standard InChI is InChI=1S/C4H11NO8P2/c1-12-14(8,9)5(3-4(6)7)15(10,11)13-2/h3H2,1-2H3,(H,6,7)(H,8,9)(H,10,11). The minimum absolute atomic E-state index is 0.137. The largest absolute Gasteiger partial charge is 0.480 e. The molecule has 0 heterocycles. The van der Waals surface area contributed by atoms with E-state index in [1.54, 1.807) is 0 Å². The van der Waals surface area contributed by atoms with Gasteiger partial charge in [-0.25, -0.2) is 9.13 Å². The molecular weight excluding hydrogens is 252 g/mol. The predicted molar refractivity (Wildman–Crippen MR) is 48.0 cm³/mol. The first kappa shape index (κ1) is 14.7. The molecule has 0 saturated heterocycles. The van der Waals surface area contributed by atoms with Gasteiger partial charge in [0.05, 0.1) is 0 Å². The Balaban J connectivity index is 5.16. The van der Waals surface area contributed by atoms with Crippen molar-refractivity contribution in [1.29, 1.82) is 0 Å². The van der Waals surface area contributed by atoms with E-state index in [1.807, 2.05) is 0 Å². The lowest BCUT2D eigenvalue weighted by atomic mass is 10.7. The average molecular weight is 263 g/mol. The van der Waals surface area contributed by atoms with Crippen LogP contribution in [0, 0.1) is 0 Å². The Hall–Kier alpha value is -0.270. The maximum absolute atomic E-state index is 11.2. The fourth-order valence-corrected chi connectivity index (χ4v) is 3.19. The average Bonchev–Trinajstić information content (AvgIpc) is 2.13. The zero-order valence-electron chi connectivity index (χ0n) is 7.93. The fraction of sp³-hybridized carbons (Fsp3) is 0.750. The number of rotatable bonds is 6. The van der Waals surface area contributed by atoms with Crippen molar-refractivity contribution >= 4 is 21.5 Å². The molecule has 15 heavy (non-hydrogen) atoms. The van der Waals surface area contributed by atoms with Gasteiger partial charge in [0, 0.05) is 14.2 Å². The van der Waals surface area contributed by atoms with Gasteiger partial charge in [0.1, 0.15) is 6.54 Å². The van der Waals surface area contributed by atoms with Gasteiger partial charge < -0.3 is 14.9 Å². The molecule has 0 aliphatic carbocycles. The lowest BCUT2D eigenvalue weighted by Gasteiger charge is -2.25. The normalized spacial score (nSPS) is 19.5. The van der Waals surface area contributed by atoms with Crippen LogP contribution in [0.2, 0.25) is 0 Å². The summed E-state index contributed by atoms with van der Waals surface area (Å²) in [6.07, 6.45) is 0. The van der Waals surface area contributed by atoms with Crippen molar-refractivity contribution < 1.29 is 37.9 Å². The number of hydrogen-bond donors (Lipinski definition) is 3. The Morgan fingerprint density at radius 3 is 1.73 bits per heavy atom. The molecule has 0 rings (SSSR count). The molecule has 0 spiro atoms. The quantitative estimate of drug-likeness (QED) is 0.560. The maximum Gasteiger partial charge on any atom is 0.415 e. The van der Waals surface area contributed by atoms with Crippen molar-refractivity contribution in [3.63, 3.8) is 0 Å². The number of carboxylic acids is 1. The van der Waals surface area contributed by atoms with Gasteiger partial charge in [-0.3, -0.25) is 13.8 Å². The highest BCUT2D eigenvalue weighted by molar-refractivity contribution is 7.66. The van der Waals surface area contributed by atoms with Gasteiger partial charge >= 0.3 is 21.5 Å². The Bertz CT molecular complexity index is 305. The zero-order chi connectivity index (χ0) is 12.3. The Morgan fingerprint density at radius 1 is 1.20 bits per heavy atom. The molecular formula is C4H11NO8P2. The molecule has 90 valence electrons. The topological polar surface area (TPSA) is 134 Å². The van der Waals surface area contributed by atoms with E-state index in [1.165, 1.54) is 0 Å². The van der Waals surface area contributed by atoms with Gasteiger partial charge in [0.25, 0.3) is 0 Å². The van der Waals surface area contributed by atoms with E-state index >= 15 is 0 Å². The van der Waals surface area contributed by atoms with Crippen LogP contribution in [0.4, 0.5) is 0 Å². The van der Waals surface area contributed by atoms with Crippen LogP contribution in [0.3, 0.4) is 0 Å². The summed E-state index contributed by atoms with van der Waals surface area (Å²) >= 11 is 0. The molecule has 3 N–H and O–H groups in total. The van der Waals surface area contributed by atoms with E-state index in [9.17, 15) is 13.9 Å². The van der Waals surface area contributed by atoms with E-state index < -0.39 is 28.0 Å². The Kier molecular flexibility index (Phi) is 5.08. The van der Waals surface area contributed by atoms with Crippen LogP contribution < -0.4 is 0 Å². The van der Waals surface area contributed by atoms with Gasteiger partial charge in [-0.15, -0.1) is 0 Å². The number of aliphatic carboxylic acids is 1. The van der Waals surface area contributed by atoms with Crippen LogP contribution in [0.15, 0.2) is 0 Å². The van der Waals surface area contributed by atoms with E-state index in [0.717, 1.165) is 14.2 Å². The molecule has 2 unspecified atom stereocenters. The van der Waals surface area contributed by atoms with Gasteiger partial charge in [0.2, 0.25) is 0 Å². The molecule has 0 aromatic carbocycles. The molecule has 0 aromatic rings. The van der Waals surface area contributed by atoms with Gasteiger partial charge in [0.15, 0.2) is 0 Å². The summed E-state index contributed by atoms with van der Waals surface area (Å²) in [4.78, 5) is 28.5. The number of carbonyl (C=O) groups is 1. The van der Waals surface area contributed by atoms with Crippen molar-refractivity contribution in [1.82, 2.24) is 4.44 Å². The molecule has 0 saturated carbocycles. The molecule has 0 aliphatic rings. The molecule has 0 radical (unpaired) electrons. The van der Waals surface area contributed by atoms with Crippen LogP contribution in [0.5, 0.6) is 0 Å². The predicted octanol–water partition coefficient (Wildman–Crippen LogP) is -0.133. The molecule has 0 amide bonds. The molecule has 0 fully saturated rings. The lowest BCUT2D eigenvalue weighted by molar-refractivity contribution is -0.136. The maximum atomic E-state index is 11.2. The minimum atomic E-state index is -4.66. The van der Waals surface area contributed by atoms with Crippen molar-refractivity contribution in [2.24, 2.45) is 0 Å². The zero-order valence-corrected chi connectivity index (χ0v) is 9.72. The Labute approximate surface area is 85.4 Å². The van der Waals surface area contributed by atoms with E-state index in [-0.39, 0.29) is 4.44 Å². The second kappa shape index (κ2) is 5.18. The first-order valence-electron chi connectivity index (χ1n) is 3.44. The number of nitrogens with zero attached hydrogens (tertiary/aromatic N) is 1. The van der Waals surface area contributed by atoms with E-state index in [4.69, 9.17) is 14.9 Å². The third-order valence-electron chi connectivity index (χ3n) is 1.34. The molecule has 2 atom stereocenters. The number of hydrogen-bond acceptors (Lipinski definition) is 5. The summed E-state index contributed by atoms with van der Waals surface area (Å²) in [7, 11) is -7.73. The van der Waals surface area contributed by atoms with Gasteiger partial charge in [-0.05, 0) is 0 Å². The van der Waals surface area contributed by atoms with E-state index in [2.05, 4.69) is 9.05 Å². The molecule has 9 nitrogen and oxygen atoms in total. The summed E-state index contributed by atoms with van der Waals surface area (Å²) in [6, 6.07) is 0. The molecule has 0 aromatic heterocycles. The molecule has 11 heteroatoms. The van der Waals surface area contributed by atoms with Crippen molar-refractivity contribution in [3.8, 4) is 0 Å². The molecule has 0 bridgehead atoms. The van der Waals surface area contributed by atoms with Crippen LogP contribution in [0.25, 0.3) is 0 Å². The second-order valence-corrected chi connectivity index (χ2v) is 6.24.